The SMILES string of the molecule is CS(=O)(=O)c1cc2ncnc(NCc3ccccc3)c2cc1[N+](=O)[O-]. The molecule has 2 aromatic carbocycles. The van der Waals surface area contributed by atoms with E-state index < -0.39 is 20.4 Å². The number of hydrogen-bond donors (Lipinski definition) is 1. The summed E-state index contributed by atoms with van der Waals surface area (Å²) in [5, 5.41) is 14.8. The zero-order chi connectivity index (χ0) is 18.0. The van der Waals surface area contributed by atoms with Gasteiger partial charge in [-0.25, -0.2) is 18.4 Å². The number of hydrogen-bond acceptors (Lipinski definition) is 7. The van der Waals surface area contributed by atoms with Crippen LogP contribution in [-0.2, 0) is 16.4 Å². The van der Waals surface area contributed by atoms with Gasteiger partial charge in [-0.2, -0.15) is 0 Å². The molecule has 0 atom stereocenters. The van der Waals surface area contributed by atoms with Gasteiger partial charge in [-0.05, 0) is 11.6 Å². The number of nitro groups is 1. The first kappa shape index (κ1) is 16.8. The Morgan fingerprint density at radius 1 is 1.16 bits per heavy atom. The van der Waals surface area contributed by atoms with Gasteiger partial charge in [0.15, 0.2) is 9.84 Å². The van der Waals surface area contributed by atoms with Gasteiger partial charge in [-0.15, -0.1) is 0 Å². The van der Waals surface area contributed by atoms with Crippen LogP contribution in [0.2, 0.25) is 0 Å². The smallest absolute Gasteiger partial charge is 0.288 e. The molecule has 1 heterocycles. The Bertz CT molecular complexity index is 1050. The van der Waals surface area contributed by atoms with Crippen molar-refractivity contribution < 1.29 is 13.3 Å². The standard InChI is InChI=1S/C16H14N4O4S/c1-25(23,24)15-8-13-12(7-14(15)20(21)22)16(19-10-18-13)17-9-11-5-3-2-4-6-11/h2-8,10H,9H2,1H3,(H,17,18,19). The monoisotopic (exact) mass is 358 g/mol. The number of aromatic nitrogens is 2. The highest BCUT2D eigenvalue weighted by molar-refractivity contribution is 7.90. The van der Waals surface area contributed by atoms with Crippen molar-refractivity contribution in [1.29, 1.82) is 0 Å². The molecule has 0 spiro atoms. The molecule has 128 valence electrons. The fraction of sp³-hybridized carbons (Fsp3) is 0.125. The number of rotatable bonds is 5. The summed E-state index contributed by atoms with van der Waals surface area (Å²) < 4.78 is 23.7. The Morgan fingerprint density at radius 3 is 2.52 bits per heavy atom. The van der Waals surface area contributed by atoms with E-state index in [1.54, 1.807) is 0 Å². The highest BCUT2D eigenvalue weighted by Crippen LogP contribution is 2.31. The van der Waals surface area contributed by atoms with Crippen LogP contribution in [0.3, 0.4) is 0 Å². The Kier molecular flexibility index (Phi) is 4.32. The van der Waals surface area contributed by atoms with Crippen molar-refractivity contribution in [3.8, 4) is 0 Å². The van der Waals surface area contributed by atoms with Gasteiger partial charge in [0.2, 0.25) is 0 Å². The number of nitrogens with one attached hydrogen (secondary N) is 1. The second-order valence-corrected chi connectivity index (χ2v) is 7.41. The van der Waals surface area contributed by atoms with Gasteiger partial charge in [0.05, 0.1) is 10.4 Å². The van der Waals surface area contributed by atoms with Gasteiger partial charge in [-0.3, -0.25) is 10.1 Å². The van der Waals surface area contributed by atoms with E-state index >= 15 is 0 Å². The van der Waals surface area contributed by atoms with Crippen LogP contribution in [0.25, 0.3) is 10.9 Å². The van der Waals surface area contributed by atoms with Crippen molar-refractivity contribution in [2.75, 3.05) is 11.6 Å². The summed E-state index contributed by atoms with van der Waals surface area (Å²) in [5.74, 6) is 0.400. The fourth-order valence-electron chi connectivity index (χ4n) is 2.43. The molecule has 0 unspecified atom stereocenters. The van der Waals surface area contributed by atoms with Crippen molar-refractivity contribution in [1.82, 2.24) is 9.97 Å². The second kappa shape index (κ2) is 6.44. The van der Waals surface area contributed by atoms with Crippen LogP contribution >= 0.6 is 0 Å². The summed E-state index contributed by atoms with van der Waals surface area (Å²) in [7, 11) is -3.76. The molecule has 9 heteroatoms. The minimum atomic E-state index is -3.76. The molecule has 0 aliphatic rings. The maximum absolute atomic E-state index is 11.8. The van der Waals surface area contributed by atoms with Crippen molar-refractivity contribution >= 4 is 32.2 Å². The third kappa shape index (κ3) is 3.56. The lowest BCUT2D eigenvalue weighted by atomic mass is 10.2. The third-order valence-electron chi connectivity index (χ3n) is 3.62. The van der Waals surface area contributed by atoms with Crippen LogP contribution < -0.4 is 5.32 Å². The van der Waals surface area contributed by atoms with E-state index in [-0.39, 0.29) is 4.90 Å². The largest absolute Gasteiger partial charge is 0.365 e. The van der Waals surface area contributed by atoms with E-state index in [9.17, 15) is 18.5 Å². The van der Waals surface area contributed by atoms with E-state index in [1.807, 2.05) is 30.3 Å². The van der Waals surface area contributed by atoms with Crippen LogP contribution in [0.15, 0.2) is 53.7 Å². The molecule has 0 aliphatic heterocycles. The van der Waals surface area contributed by atoms with E-state index in [4.69, 9.17) is 0 Å². The van der Waals surface area contributed by atoms with Gasteiger partial charge in [0.1, 0.15) is 17.0 Å². The minimum absolute atomic E-state index is 0.316. The molecule has 3 rings (SSSR count). The third-order valence-corrected chi connectivity index (χ3v) is 4.74. The summed E-state index contributed by atoms with van der Waals surface area (Å²) in [4.78, 5) is 18.4. The molecule has 0 radical (unpaired) electrons. The summed E-state index contributed by atoms with van der Waals surface area (Å²) in [6, 6.07) is 12.0. The molecule has 0 aliphatic carbocycles. The van der Waals surface area contributed by atoms with Crippen LogP contribution in [0.1, 0.15) is 5.56 Å². The molecule has 8 nitrogen and oxygen atoms in total. The summed E-state index contributed by atoms with van der Waals surface area (Å²) >= 11 is 0. The first-order valence-electron chi connectivity index (χ1n) is 7.27. The van der Waals surface area contributed by atoms with Crippen molar-refractivity contribution in [3.63, 3.8) is 0 Å². The average molecular weight is 358 g/mol. The maximum Gasteiger partial charge on any atom is 0.288 e. The topological polar surface area (TPSA) is 115 Å². The first-order chi connectivity index (χ1) is 11.9. The molecule has 0 saturated carbocycles. The number of nitrogens with zero attached hydrogens (tertiary/aromatic N) is 3. The molecular weight excluding hydrogens is 344 g/mol. The average Bonchev–Trinajstić information content (AvgIpc) is 2.58. The number of fused-ring (bicyclic) bond motifs is 1. The number of sulfone groups is 1. The number of anilines is 1. The highest BCUT2D eigenvalue weighted by atomic mass is 32.2. The van der Waals surface area contributed by atoms with Crippen molar-refractivity contribution in [2.24, 2.45) is 0 Å². The zero-order valence-electron chi connectivity index (χ0n) is 13.2. The minimum Gasteiger partial charge on any atom is -0.365 e. The molecule has 0 amide bonds. The van der Waals surface area contributed by atoms with E-state index in [1.165, 1.54) is 18.5 Å². The Morgan fingerprint density at radius 2 is 1.88 bits per heavy atom. The van der Waals surface area contributed by atoms with Crippen molar-refractivity contribution in [2.45, 2.75) is 11.4 Å². The van der Waals surface area contributed by atoms with Crippen LogP contribution in [0.5, 0.6) is 0 Å². The van der Waals surface area contributed by atoms with Crippen LogP contribution in [0.4, 0.5) is 11.5 Å². The lowest BCUT2D eigenvalue weighted by Gasteiger charge is -2.09. The Hall–Kier alpha value is -3.07. The second-order valence-electron chi connectivity index (χ2n) is 5.43. The van der Waals surface area contributed by atoms with E-state index in [2.05, 4.69) is 15.3 Å². The Labute approximate surface area is 143 Å². The lowest BCUT2D eigenvalue weighted by molar-refractivity contribution is -0.387. The predicted octanol–water partition coefficient (Wildman–Crippen LogP) is 2.55. The normalized spacial score (nSPS) is 11.4. The molecule has 0 fully saturated rings. The molecule has 0 saturated heterocycles. The Balaban J connectivity index is 2.09. The van der Waals surface area contributed by atoms with Gasteiger partial charge in [0, 0.05) is 24.3 Å². The number of benzene rings is 2. The quantitative estimate of drug-likeness (QED) is 0.550. The lowest BCUT2D eigenvalue weighted by Crippen LogP contribution is -2.06. The zero-order valence-corrected chi connectivity index (χ0v) is 14.0. The van der Waals surface area contributed by atoms with E-state index in [0.29, 0.717) is 23.3 Å². The molecular formula is C16H14N4O4S. The summed E-state index contributed by atoms with van der Waals surface area (Å²) in [5.41, 5.74) is 0.834. The first-order valence-corrected chi connectivity index (χ1v) is 9.16. The highest BCUT2D eigenvalue weighted by Gasteiger charge is 2.24. The van der Waals surface area contributed by atoms with Crippen molar-refractivity contribution in [3.05, 3.63) is 64.5 Å². The summed E-state index contributed by atoms with van der Waals surface area (Å²) in [6.45, 7) is 0.467. The van der Waals surface area contributed by atoms with Crippen LogP contribution in [-0.4, -0.2) is 29.6 Å². The molecule has 3 aromatic rings. The maximum atomic E-state index is 11.8. The summed E-state index contributed by atoms with van der Waals surface area (Å²) in [6.07, 6.45) is 2.21. The van der Waals surface area contributed by atoms with Crippen LogP contribution in [0, 0.1) is 10.1 Å². The van der Waals surface area contributed by atoms with E-state index in [0.717, 1.165) is 11.8 Å². The molecule has 1 N–H and O–H groups in total. The molecule has 1 aromatic heterocycles. The fourth-order valence-corrected chi connectivity index (χ4v) is 3.27. The van der Waals surface area contributed by atoms with Gasteiger partial charge >= 0.3 is 0 Å². The van der Waals surface area contributed by atoms with Gasteiger partial charge in [-0.1, -0.05) is 30.3 Å². The van der Waals surface area contributed by atoms with Gasteiger partial charge < -0.3 is 5.32 Å². The number of nitro benzene ring substituents is 1. The molecule has 25 heavy (non-hydrogen) atoms. The molecule has 0 bridgehead atoms. The predicted molar refractivity (Wildman–Crippen MR) is 93.1 cm³/mol. The van der Waals surface area contributed by atoms with Gasteiger partial charge in [0.25, 0.3) is 5.69 Å².